The molecule has 0 aliphatic carbocycles. The summed E-state index contributed by atoms with van der Waals surface area (Å²) in [5, 5.41) is 9.37. The number of alkyl halides is 3. The van der Waals surface area contributed by atoms with Crippen LogP contribution in [0.1, 0.15) is 25.3 Å². The molecular formula is C17H14F4N2O4. The smallest absolute Gasteiger partial charge is 0.463 e. The first-order valence-corrected chi connectivity index (χ1v) is 7.59. The molecule has 2 N–H and O–H groups in total. The van der Waals surface area contributed by atoms with Crippen molar-refractivity contribution in [3.8, 4) is 11.8 Å². The average molecular weight is 386 g/mol. The second-order valence-electron chi connectivity index (χ2n) is 5.35. The van der Waals surface area contributed by atoms with E-state index in [1.807, 2.05) is 0 Å². The van der Waals surface area contributed by atoms with Crippen LogP contribution in [0.3, 0.4) is 0 Å². The first-order chi connectivity index (χ1) is 12.6. The van der Waals surface area contributed by atoms with Crippen LogP contribution in [0.15, 0.2) is 41.0 Å². The van der Waals surface area contributed by atoms with E-state index >= 15 is 0 Å². The number of benzene rings is 1. The minimum absolute atomic E-state index is 0.00423. The molecule has 0 amide bonds. The lowest BCUT2D eigenvalue weighted by atomic mass is 9.83. The molecule has 0 fully saturated rings. The number of carbonyl (C=O) groups is 1. The first-order valence-electron chi connectivity index (χ1n) is 7.59. The fraction of sp³-hybridized carbons (Fsp3) is 0.294. The molecule has 6 nitrogen and oxygen atoms in total. The van der Waals surface area contributed by atoms with Crippen molar-refractivity contribution in [3.63, 3.8) is 0 Å². The number of nitrogens with zero attached hydrogens (tertiary/aromatic N) is 1. The number of hydrogen-bond donors (Lipinski definition) is 1. The van der Waals surface area contributed by atoms with Crippen LogP contribution in [0.4, 0.5) is 17.6 Å². The van der Waals surface area contributed by atoms with Crippen LogP contribution >= 0.6 is 0 Å². The zero-order valence-electron chi connectivity index (χ0n) is 14.2. The van der Waals surface area contributed by atoms with Gasteiger partial charge in [-0.2, -0.15) is 5.26 Å². The molecule has 10 heteroatoms. The second-order valence-corrected chi connectivity index (χ2v) is 5.35. The molecule has 1 heterocycles. The summed E-state index contributed by atoms with van der Waals surface area (Å²) in [6.07, 6.45) is -5.00. The highest BCUT2D eigenvalue weighted by Crippen LogP contribution is 2.41. The SMILES string of the molecule is CCOC(=O)C1=C(C)OC(N)=C(C#N)C1c1ccc(OC(F)(F)F)cc1F. The Bertz CT molecular complexity index is 869. The highest BCUT2D eigenvalue weighted by atomic mass is 19.4. The summed E-state index contributed by atoms with van der Waals surface area (Å²) < 4.78 is 65.2. The van der Waals surface area contributed by atoms with E-state index < -0.39 is 29.8 Å². The van der Waals surface area contributed by atoms with E-state index in [9.17, 15) is 27.6 Å². The van der Waals surface area contributed by atoms with E-state index in [2.05, 4.69) is 4.74 Å². The zero-order chi connectivity index (χ0) is 20.4. The fourth-order valence-electron chi connectivity index (χ4n) is 2.60. The van der Waals surface area contributed by atoms with Crippen molar-refractivity contribution < 1.29 is 36.6 Å². The van der Waals surface area contributed by atoms with Crippen LogP contribution in [-0.2, 0) is 14.3 Å². The van der Waals surface area contributed by atoms with E-state index in [1.165, 1.54) is 6.92 Å². The van der Waals surface area contributed by atoms with Crippen molar-refractivity contribution in [1.29, 1.82) is 5.26 Å². The number of hydrogen-bond acceptors (Lipinski definition) is 6. The summed E-state index contributed by atoms with van der Waals surface area (Å²) in [5.74, 6) is -4.44. The lowest BCUT2D eigenvalue weighted by molar-refractivity contribution is -0.274. The second kappa shape index (κ2) is 7.57. The van der Waals surface area contributed by atoms with Gasteiger partial charge in [-0.05, 0) is 19.9 Å². The largest absolute Gasteiger partial charge is 0.573 e. The summed E-state index contributed by atoms with van der Waals surface area (Å²) in [5.41, 5.74) is 4.96. The molecule has 27 heavy (non-hydrogen) atoms. The Hall–Kier alpha value is -3.22. The summed E-state index contributed by atoms with van der Waals surface area (Å²) in [6, 6.07) is 4.08. The van der Waals surface area contributed by atoms with Gasteiger partial charge in [0.2, 0.25) is 5.88 Å². The third-order valence-electron chi connectivity index (χ3n) is 3.62. The van der Waals surface area contributed by atoms with Gasteiger partial charge in [-0.25, -0.2) is 9.18 Å². The minimum Gasteiger partial charge on any atom is -0.463 e. The summed E-state index contributed by atoms with van der Waals surface area (Å²) in [7, 11) is 0. The van der Waals surface area contributed by atoms with Gasteiger partial charge in [-0.3, -0.25) is 0 Å². The summed E-state index contributed by atoms with van der Waals surface area (Å²) in [6.45, 7) is 2.93. The third kappa shape index (κ3) is 4.31. The highest BCUT2D eigenvalue weighted by Gasteiger charge is 2.38. The Balaban J connectivity index is 2.58. The van der Waals surface area contributed by atoms with Gasteiger partial charge in [0, 0.05) is 11.6 Å². The number of halogens is 4. The van der Waals surface area contributed by atoms with Crippen LogP contribution in [0.25, 0.3) is 0 Å². The molecule has 0 aromatic heterocycles. The standard InChI is InChI=1S/C17H14F4N2O4/c1-3-25-16(24)13-8(2)26-15(23)11(7-22)14(13)10-5-4-9(6-12(10)18)27-17(19,20)21/h4-6,14H,3,23H2,1-2H3. The Morgan fingerprint density at radius 1 is 1.41 bits per heavy atom. The molecule has 1 aliphatic rings. The van der Waals surface area contributed by atoms with Crippen molar-refractivity contribution in [1.82, 2.24) is 0 Å². The van der Waals surface area contributed by atoms with Crippen molar-refractivity contribution in [2.45, 2.75) is 26.1 Å². The Labute approximate surface area is 151 Å². The van der Waals surface area contributed by atoms with Crippen LogP contribution in [0.5, 0.6) is 5.75 Å². The molecule has 0 saturated carbocycles. The molecule has 1 unspecified atom stereocenters. The molecule has 1 aliphatic heterocycles. The quantitative estimate of drug-likeness (QED) is 0.630. The molecule has 0 bridgehead atoms. The molecule has 0 radical (unpaired) electrons. The van der Waals surface area contributed by atoms with Crippen molar-refractivity contribution >= 4 is 5.97 Å². The molecule has 0 spiro atoms. The number of nitrogens with two attached hydrogens (primary N) is 1. The molecule has 2 rings (SSSR count). The number of allylic oxidation sites excluding steroid dienone is 2. The average Bonchev–Trinajstić information content (AvgIpc) is 2.53. The van der Waals surface area contributed by atoms with E-state index in [0.717, 1.165) is 12.1 Å². The van der Waals surface area contributed by atoms with E-state index in [4.69, 9.17) is 15.2 Å². The maximum atomic E-state index is 14.6. The molecular weight excluding hydrogens is 372 g/mol. The van der Waals surface area contributed by atoms with Crippen molar-refractivity contribution in [2.75, 3.05) is 6.61 Å². The monoisotopic (exact) mass is 386 g/mol. The van der Waals surface area contributed by atoms with Gasteiger partial charge in [0.25, 0.3) is 0 Å². The van der Waals surface area contributed by atoms with Gasteiger partial charge in [-0.15, -0.1) is 13.2 Å². The molecule has 0 saturated heterocycles. The van der Waals surface area contributed by atoms with Crippen LogP contribution in [0, 0.1) is 17.1 Å². The normalized spacial score (nSPS) is 17.3. The van der Waals surface area contributed by atoms with Gasteiger partial charge in [0.15, 0.2) is 0 Å². The third-order valence-corrected chi connectivity index (χ3v) is 3.62. The van der Waals surface area contributed by atoms with Gasteiger partial charge < -0.3 is 19.9 Å². The van der Waals surface area contributed by atoms with Crippen LogP contribution < -0.4 is 10.5 Å². The van der Waals surface area contributed by atoms with Crippen LogP contribution in [0.2, 0.25) is 0 Å². The van der Waals surface area contributed by atoms with E-state index in [0.29, 0.717) is 6.07 Å². The van der Waals surface area contributed by atoms with Crippen LogP contribution in [-0.4, -0.2) is 18.9 Å². The molecule has 1 aromatic rings. The molecule has 144 valence electrons. The maximum Gasteiger partial charge on any atom is 0.573 e. The Morgan fingerprint density at radius 3 is 2.59 bits per heavy atom. The number of carbonyl (C=O) groups excluding carboxylic acids is 1. The fourth-order valence-corrected chi connectivity index (χ4v) is 2.60. The zero-order valence-corrected chi connectivity index (χ0v) is 14.2. The predicted octanol–water partition coefficient (Wildman–Crippen LogP) is 3.37. The van der Waals surface area contributed by atoms with Gasteiger partial charge in [0.1, 0.15) is 29.0 Å². The number of nitriles is 1. The number of esters is 1. The van der Waals surface area contributed by atoms with Gasteiger partial charge in [-0.1, -0.05) is 6.07 Å². The molecule has 1 atom stereocenters. The van der Waals surface area contributed by atoms with E-state index in [-0.39, 0.29) is 35.0 Å². The van der Waals surface area contributed by atoms with E-state index in [1.54, 1.807) is 13.0 Å². The maximum absolute atomic E-state index is 14.6. The number of ether oxygens (including phenoxy) is 3. The first kappa shape index (κ1) is 20.1. The minimum atomic E-state index is -5.00. The number of rotatable bonds is 4. The lowest BCUT2D eigenvalue weighted by Gasteiger charge is -2.27. The predicted molar refractivity (Wildman–Crippen MR) is 83.1 cm³/mol. The summed E-state index contributed by atoms with van der Waals surface area (Å²) in [4.78, 5) is 12.3. The van der Waals surface area contributed by atoms with Gasteiger partial charge >= 0.3 is 12.3 Å². The van der Waals surface area contributed by atoms with Crippen molar-refractivity contribution in [2.24, 2.45) is 5.73 Å². The Kier molecular flexibility index (Phi) is 5.64. The topological polar surface area (TPSA) is 94.6 Å². The van der Waals surface area contributed by atoms with Crippen molar-refractivity contribution in [3.05, 3.63) is 52.4 Å². The molecule has 1 aromatic carbocycles. The lowest BCUT2D eigenvalue weighted by Crippen LogP contribution is -2.26. The highest BCUT2D eigenvalue weighted by molar-refractivity contribution is 5.92. The van der Waals surface area contributed by atoms with Gasteiger partial charge in [0.05, 0.1) is 18.1 Å². The summed E-state index contributed by atoms with van der Waals surface area (Å²) >= 11 is 0. The Morgan fingerprint density at radius 2 is 2.07 bits per heavy atom.